The lowest BCUT2D eigenvalue weighted by atomic mass is 10.1. The summed E-state index contributed by atoms with van der Waals surface area (Å²) in [5.41, 5.74) is -0.826. The number of pyridine rings is 1. The minimum atomic E-state index is -1.22. The van der Waals surface area contributed by atoms with Gasteiger partial charge in [0.15, 0.2) is 0 Å². The van der Waals surface area contributed by atoms with Crippen molar-refractivity contribution in [1.29, 1.82) is 0 Å². The molecule has 144 valence electrons. The van der Waals surface area contributed by atoms with Gasteiger partial charge in [0.1, 0.15) is 22.9 Å². The fourth-order valence-corrected chi connectivity index (χ4v) is 1.93. The monoisotopic (exact) mass is 366 g/mol. The zero-order chi connectivity index (χ0) is 20.1. The molecule has 0 unspecified atom stereocenters. The van der Waals surface area contributed by atoms with Crippen molar-refractivity contribution in [2.24, 2.45) is 0 Å². The number of nitrogens with one attached hydrogen (secondary N) is 1. The van der Waals surface area contributed by atoms with Crippen molar-refractivity contribution in [1.82, 2.24) is 10.3 Å². The van der Waals surface area contributed by atoms with Crippen LogP contribution < -0.4 is 5.32 Å². The molecule has 0 saturated carbocycles. The van der Waals surface area contributed by atoms with E-state index in [4.69, 9.17) is 9.47 Å². The summed E-state index contributed by atoms with van der Waals surface area (Å²) in [5, 5.41) is 11.6. The number of carbonyl (C=O) groups is 3. The molecule has 1 amide bonds. The van der Waals surface area contributed by atoms with Gasteiger partial charge < -0.3 is 19.9 Å². The third kappa shape index (κ3) is 7.96. The third-order valence-electron chi connectivity index (χ3n) is 2.86. The summed E-state index contributed by atoms with van der Waals surface area (Å²) in [6, 6.07) is 1.81. The largest absolute Gasteiger partial charge is 0.480 e. The number of aliphatic carboxylic acids is 1. The Kier molecular flexibility index (Phi) is 6.72. The van der Waals surface area contributed by atoms with E-state index in [0.29, 0.717) is 5.56 Å². The second-order valence-corrected chi connectivity index (χ2v) is 7.79. The first-order valence-corrected chi connectivity index (χ1v) is 8.17. The number of nitrogens with zero attached hydrogens (tertiary/aromatic N) is 1. The summed E-state index contributed by atoms with van der Waals surface area (Å²) in [5.74, 6) is -1.82. The average Bonchev–Trinajstić information content (AvgIpc) is 2.43. The molecule has 0 radical (unpaired) electrons. The van der Waals surface area contributed by atoms with E-state index in [1.54, 1.807) is 47.6 Å². The second kappa shape index (κ2) is 8.16. The molecular weight excluding hydrogens is 340 g/mol. The first kappa shape index (κ1) is 21.4. The van der Waals surface area contributed by atoms with E-state index in [1.807, 2.05) is 0 Å². The van der Waals surface area contributed by atoms with Gasteiger partial charge in [-0.05, 0) is 59.2 Å². The number of amides is 1. The molecule has 8 heteroatoms. The second-order valence-electron chi connectivity index (χ2n) is 7.79. The fraction of sp³-hybridized carbons (Fsp3) is 0.556. The SMILES string of the molecule is CC(C)(C)OC(=O)N[C@H](Cc1ccnc(C(=O)OC(C)(C)C)c1)C(=O)O. The lowest BCUT2D eigenvalue weighted by molar-refractivity contribution is -0.139. The van der Waals surface area contributed by atoms with Crippen LogP contribution in [0.3, 0.4) is 0 Å². The van der Waals surface area contributed by atoms with Crippen molar-refractivity contribution < 1.29 is 29.0 Å². The van der Waals surface area contributed by atoms with Gasteiger partial charge in [-0.2, -0.15) is 0 Å². The molecule has 26 heavy (non-hydrogen) atoms. The summed E-state index contributed by atoms with van der Waals surface area (Å²) < 4.78 is 10.3. The van der Waals surface area contributed by atoms with Crippen LogP contribution in [0.5, 0.6) is 0 Å². The minimum Gasteiger partial charge on any atom is -0.480 e. The molecular formula is C18H26N2O6. The Bertz CT molecular complexity index is 673. The van der Waals surface area contributed by atoms with Crippen LogP contribution in [0, 0.1) is 0 Å². The molecule has 1 aromatic heterocycles. The molecule has 0 aromatic carbocycles. The Hall–Kier alpha value is -2.64. The number of ether oxygens (including phenoxy) is 2. The summed E-state index contributed by atoms with van der Waals surface area (Å²) in [6.07, 6.45) is 0.528. The van der Waals surface area contributed by atoms with Gasteiger partial charge in [0.05, 0.1) is 0 Å². The van der Waals surface area contributed by atoms with Crippen LogP contribution in [0.25, 0.3) is 0 Å². The highest BCUT2D eigenvalue weighted by Gasteiger charge is 2.25. The topological polar surface area (TPSA) is 115 Å². The Morgan fingerprint density at radius 1 is 1.12 bits per heavy atom. The predicted octanol–water partition coefficient (Wildman–Crippen LogP) is 2.56. The first-order valence-electron chi connectivity index (χ1n) is 8.17. The number of carbonyl (C=O) groups excluding carboxylic acids is 2. The molecule has 2 N–H and O–H groups in total. The third-order valence-corrected chi connectivity index (χ3v) is 2.86. The molecule has 1 aromatic rings. The molecule has 0 fully saturated rings. The van der Waals surface area contributed by atoms with Gasteiger partial charge in [-0.3, -0.25) is 0 Å². The Morgan fingerprint density at radius 3 is 2.19 bits per heavy atom. The molecule has 0 aliphatic carbocycles. The lowest BCUT2D eigenvalue weighted by Crippen LogP contribution is -2.44. The number of rotatable bonds is 5. The number of hydrogen-bond donors (Lipinski definition) is 2. The zero-order valence-electron chi connectivity index (χ0n) is 16.0. The van der Waals surface area contributed by atoms with Crippen LogP contribution in [-0.2, 0) is 20.7 Å². The van der Waals surface area contributed by atoms with Crippen molar-refractivity contribution in [2.75, 3.05) is 0 Å². The van der Waals surface area contributed by atoms with Crippen LogP contribution in [0.1, 0.15) is 57.6 Å². The van der Waals surface area contributed by atoms with Gasteiger partial charge in [0.2, 0.25) is 0 Å². The highest BCUT2D eigenvalue weighted by molar-refractivity contribution is 5.87. The maximum atomic E-state index is 12.1. The van der Waals surface area contributed by atoms with E-state index in [9.17, 15) is 19.5 Å². The summed E-state index contributed by atoms with van der Waals surface area (Å²) in [7, 11) is 0. The van der Waals surface area contributed by atoms with Crippen molar-refractivity contribution in [2.45, 2.75) is 65.2 Å². The molecule has 8 nitrogen and oxygen atoms in total. The van der Waals surface area contributed by atoms with Crippen LogP contribution >= 0.6 is 0 Å². The molecule has 1 atom stereocenters. The van der Waals surface area contributed by atoms with E-state index < -0.39 is 35.3 Å². The maximum Gasteiger partial charge on any atom is 0.408 e. The van der Waals surface area contributed by atoms with E-state index >= 15 is 0 Å². The van der Waals surface area contributed by atoms with Gasteiger partial charge in [-0.25, -0.2) is 19.4 Å². The van der Waals surface area contributed by atoms with E-state index in [1.165, 1.54) is 12.3 Å². The quantitative estimate of drug-likeness (QED) is 0.770. The number of esters is 1. The smallest absolute Gasteiger partial charge is 0.408 e. The Morgan fingerprint density at radius 2 is 1.69 bits per heavy atom. The number of carboxylic acids is 1. The summed E-state index contributed by atoms with van der Waals surface area (Å²) in [4.78, 5) is 39.3. The van der Waals surface area contributed by atoms with Gasteiger partial charge in [0, 0.05) is 12.6 Å². The van der Waals surface area contributed by atoms with Crippen molar-refractivity contribution in [3.05, 3.63) is 29.6 Å². The van der Waals surface area contributed by atoms with Crippen LogP contribution in [0.4, 0.5) is 4.79 Å². The van der Waals surface area contributed by atoms with Crippen molar-refractivity contribution >= 4 is 18.0 Å². The Labute approximate surface area is 152 Å². The highest BCUT2D eigenvalue weighted by atomic mass is 16.6. The standard InChI is InChI=1S/C18H26N2O6/c1-17(2,3)25-15(23)13-10-11(7-8-19-13)9-12(14(21)22)20-16(24)26-18(4,5)6/h7-8,10,12H,9H2,1-6H3,(H,20,24)(H,21,22)/t12-/m1/s1. The molecule has 1 heterocycles. The number of aromatic nitrogens is 1. The fourth-order valence-electron chi connectivity index (χ4n) is 1.93. The first-order chi connectivity index (χ1) is 11.8. The van der Waals surface area contributed by atoms with E-state index in [2.05, 4.69) is 10.3 Å². The molecule has 0 saturated heterocycles. The predicted molar refractivity (Wildman–Crippen MR) is 93.9 cm³/mol. The van der Waals surface area contributed by atoms with E-state index in [-0.39, 0.29) is 12.1 Å². The molecule has 0 bridgehead atoms. The highest BCUT2D eigenvalue weighted by Crippen LogP contribution is 2.13. The lowest BCUT2D eigenvalue weighted by Gasteiger charge is -2.22. The molecule has 0 aliphatic rings. The average molecular weight is 366 g/mol. The maximum absolute atomic E-state index is 12.1. The number of carboxylic acid groups (broad SMARTS) is 1. The minimum absolute atomic E-state index is 0.0348. The molecule has 0 spiro atoms. The summed E-state index contributed by atoms with van der Waals surface area (Å²) >= 11 is 0. The summed E-state index contributed by atoms with van der Waals surface area (Å²) in [6.45, 7) is 10.2. The van der Waals surface area contributed by atoms with Crippen LogP contribution in [0.15, 0.2) is 18.3 Å². The molecule has 1 rings (SSSR count). The van der Waals surface area contributed by atoms with Gasteiger partial charge in [0.25, 0.3) is 0 Å². The number of hydrogen-bond acceptors (Lipinski definition) is 6. The van der Waals surface area contributed by atoms with Crippen molar-refractivity contribution in [3.8, 4) is 0 Å². The van der Waals surface area contributed by atoms with Crippen molar-refractivity contribution in [3.63, 3.8) is 0 Å². The molecule has 0 aliphatic heterocycles. The number of alkyl carbamates (subject to hydrolysis) is 1. The van der Waals surface area contributed by atoms with Gasteiger partial charge >= 0.3 is 18.0 Å². The van der Waals surface area contributed by atoms with Gasteiger partial charge in [-0.1, -0.05) is 0 Å². The van der Waals surface area contributed by atoms with Crippen LogP contribution in [0.2, 0.25) is 0 Å². The van der Waals surface area contributed by atoms with E-state index in [0.717, 1.165) is 0 Å². The normalized spacial score (nSPS) is 12.8. The Balaban J connectivity index is 2.87. The zero-order valence-corrected chi connectivity index (χ0v) is 16.0. The van der Waals surface area contributed by atoms with Gasteiger partial charge in [-0.15, -0.1) is 0 Å². The van der Waals surface area contributed by atoms with Crippen LogP contribution in [-0.4, -0.2) is 45.4 Å².